The number of nitrogens with two attached hydrogens (primary N) is 1. The molecule has 0 unspecified atom stereocenters. The van der Waals surface area contributed by atoms with Crippen molar-refractivity contribution in [3.8, 4) is 0 Å². The van der Waals surface area contributed by atoms with E-state index in [-0.39, 0.29) is 21.2 Å². The number of aromatic nitrogens is 2. The van der Waals surface area contributed by atoms with Crippen molar-refractivity contribution in [2.75, 3.05) is 10.6 Å². The Morgan fingerprint density at radius 2 is 1.86 bits per heavy atom. The van der Waals surface area contributed by atoms with E-state index in [2.05, 4.69) is 20.6 Å². The summed E-state index contributed by atoms with van der Waals surface area (Å²) in [5.74, 6) is -0.106. The molecule has 2 heterocycles. The van der Waals surface area contributed by atoms with Crippen molar-refractivity contribution < 1.29 is 13.2 Å². The number of hydrogen-bond acceptors (Lipinski definition) is 6. The molecule has 0 bridgehead atoms. The summed E-state index contributed by atoms with van der Waals surface area (Å²) in [6.07, 6.45) is 3.23. The van der Waals surface area contributed by atoms with E-state index >= 15 is 0 Å². The molecule has 3 rings (SSSR count). The van der Waals surface area contributed by atoms with E-state index < -0.39 is 15.9 Å². The molecule has 0 saturated carbocycles. The summed E-state index contributed by atoms with van der Waals surface area (Å²) in [6, 6.07) is 12.8. The smallest absolute Gasteiger partial charge is 0.259 e. The normalized spacial score (nSPS) is 11.1. The molecule has 0 fully saturated rings. The zero-order chi connectivity index (χ0) is 20.1. The standard InChI is InChI=1S/C18H16ClN5O3S/c19-15-7-6-12(10-16(15)28(20,26)27)24-18(25)14-5-3-9-22-17(14)23-11-13-4-1-2-8-21-13/h1-10H,11H2,(H,22,23)(H,24,25)(H2,20,26,27). The summed E-state index contributed by atoms with van der Waals surface area (Å²) in [5.41, 5.74) is 1.30. The Labute approximate surface area is 166 Å². The molecule has 3 aromatic rings. The zero-order valence-corrected chi connectivity index (χ0v) is 16.0. The first-order valence-electron chi connectivity index (χ1n) is 8.07. The molecule has 0 aliphatic rings. The number of halogens is 1. The van der Waals surface area contributed by atoms with Gasteiger partial charge in [-0.1, -0.05) is 17.7 Å². The maximum Gasteiger partial charge on any atom is 0.259 e. The van der Waals surface area contributed by atoms with Gasteiger partial charge in [0.05, 0.1) is 22.8 Å². The Kier molecular flexibility index (Phi) is 5.88. The SMILES string of the molecule is NS(=O)(=O)c1cc(NC(=O)c2cccnc2NCc2ccccn2)ccc1Cl. The average Bonchev–Trinajstić information content (AvgIpc) is 2.68. The second-order valence-electron chi connectivity index (χ2n) is 5.72. The van der Waals surface area contributed by atoms with E-state index in [4.69, 9.17) is 16.7 Å². The van der Waals surface area contributed by atoms with Crippen LogP contribution in [-0.4, -0.2) is 24.3 Å². The van der Waals surface area contributed by atoms with E-state index in [1.807, 2.05) is 18.2 Å². The van der Waals surface area contributed by atoms with Crippen LogP contribution in [0, 0.1) is 0 Å². The van der Waals surface area contributed by atoms with Crippen molar-refractivity contribution in [2.45, 2.75) is 11.4 Å². The summed E-state index contributed by atoms with van der Waals surface area (Å²) >= 11 is 5.86. The van der Waals surface area contributed by atoms with Crippen molar-refractivity contribution in [2.24, 2.45) is 5.14 Å². The van der Waals surface area contributed by atoms with Gasteiger partial charge in [-0.2, -0.15) is 0 Å². The van der Waals surface area contributed by atoms with Crippen LogP contribution >= 0.6 is 11.6 Å². The molecule has 1 amide bonds. The van der Waals surface area contributed by atoms with Crippen LogP contribution in [0.2, 0.25) is 5.02 Å². The molecule has 4 N–H and O–H groups in total. The number of amides is 1. The van der Waals surface area contributed by atoms with Gasteiger partial charge in [-0.25, -0.2) is 18.5 Å². The fourth-order valence-electron chi connectivity index (χ4n) is 2.40. The molecule has 2 aromatic heterocycles. The number of anilines is 2. The van der Waals surface area contributed by atoms with E-state index in [1.165, 1.54) is 18.2 Å². The Morgan fingerprint density at radius 1 is 1.07 bits per heavy atom. The maximum atomic E-state index is 12.7. The maximum absolute atomic E-state index is 12.7. The lowest BCUT2D eigenvalue weighted by atomic mass is 10.2. The fraction of sp³-hybridized carbons (Fsp3) is 0.0556. The first-order valence-corrected chi connectivity index (χ1v) is 9.99. The molecular formula is C18H16ClN5O3S. The Hall–Kier alpha value is -3.01. The van der Waals surface area contributed by atoms with Gasteiger partial charge in [0.15, 0.2) is 0 Å². The lowest BCUT2D eigenvalue weighted by Crippen LogP contribution is -2.17. The van der Waals surface area contributed by atoms with Crippen molar-refractivity contribution >= 4 is 39.0 Å². The quantitative estimate of drug-likeness (QED) is 0.565. The monoisotopic (exact) mass is 417 g/mol. The molecule has 8 nitrogen and oxygen atoms in total. The number of rotatable bonds is 6. The van der Waals surface area contributed by atoms with Gasteiger partial charge in [0.2, 0.25) is 10.0 Å². The number of nitrogens with zero attached hydrogens (tertiary/aromatic N) is 2. The van der Waals surface area contributed by atoms with Crippen molar-refractivity contribution in [1.29, 1.82) is 0 Å². The predicted molar refractivity (Wildman–Crippen MR) is 107 cm³/mol. The largest absolute Gasteiger partial charge is 0.364 e. The number of hydrogen-bond donors (Lipinski definition) is 3. The highest BCUT2D eigenvalue weighted by molar-refractivity contribution is 7.89. The molecule has 10 heteroatoms. The van der Waals surface area contributed by atoms with Crippen LogP contribution in [0.1, 0.15) is 16.1 Å². The van der Waals surface area contributed by atoms with Crippen LogP contribution in [0.25, 0.3) is 0 Å². The second-order valence-corrected chi connectivity index (χ2v) is 7.66. The first-order chi connectivity index (χ1) is 13.3. The summed E-state index contributed by atoms with van der Waals surface area (Å²) in [6.45, 7) is 0.384. The van der Waals surface area contributed by atoms with Gasteiger partial charge in [-0.15, -0.1) is 0 Å². The van der Waals surface area contributed by atoms with E-state index in [1.54, 1.807) is 24.5 Å². The number of sulfonamides is 1. The Morgan fingerprint density at radius 3 is 2.57 bits per heavy atom. The molecule has 0 saturated heterocycles. The van der Waals surface area contributed by atoms with Crippen LogP contribution in [-0.2, 0) is 16.6 Å². The van der Waals surface area contributed by atoms with Gasteiger partial charge in [-0.05, 0) is 42.5 Å². The van der Waals surface area contributed by atoms with E-state index in [9.17, 15) is 13.2 Å². The molecule has 28 heavy (non-hydrogen) atoms. The third kappa shape index (κ3) is 4.83. The summed E-state index contributed by atoms with van der Waals surface area (Å²) in [4.78, 5) is 20.8. The minimum absolute atomic E-state index is 0.0282. The minimum Gasteiger partial charge on any atom is -0.364 e. The van der Waals surface area contributed by atoms with Crippen LogP contribution in [0.5, 0.6) is 0 Å². The highest BCUT2D eigenvalue weighted by atomic mass is 35.5. The molecule has 1 aromatic carbocycles. The molecular weight excluding hydrogens is 402 g/mol. The average molecular weight is 418 g/mol. The number of carbonyl (C=O) groups excluding carboxylic acids is 1. The van der Waals surface area contributed by atoms with Crippen LogP contribution in [0.4, 0.5) is 11.5 Å². The number of primary sulfonamides is 1. The fourth-order valence-corrected chi connectivity index (χ4v) is 3.48. The van der Waals surface area contributed by atoms with Crippen LogP contribution in [0.3, 0.4) is 0 Å². The third-order valence-corrected chi connectivity index (χ3v) is 5.10. The molecule has 0 radical (unpaired) electrons. The lowest BCUT2D eigenvalue weighted by Gasteiger charge is -2.12. The minimum atomic E-state index is -4.02. The third-order valence-electron chi connectivity index (χ3n) is 3.71. The van der Waals surface area contributed by atoms with Crippen LogP contribution in [0.15, 0.2) is 65.8 Å². The van der Waals surface area contributed by atoms with Gasteiger partial charge in [0, 0.05) is 18.1 Å². The van der Waals surface area contributed by atoms with Gasteiger partial charge in [-0.3, -0.25) is 9.78 Å². The van der Waals surface area contributed by atoms with Gasteiger partial charge in [0.25, 0.3) is 5.91 Å². The van der Waals surface area contributed by atoms with Crippen molar-refractivity contribution in [1.82, 2.24) is 9.97 Å². The molecule has 0 atom stereocenters. The van der Waals surface area contributed by atoms with Crippen molar-refractivity contribution in [3.63, 3.8) is 0 Å². The summed E-state index contributed by atoms with van der Waals surface area (Å²) in [5, 5.41) is 10.8. The lowest BCUT2D eigenvalue weighted by molar-refractivity contribution is 0.102. The van der Waals surface area contributed by atoms with Gasteiger partial charge < -0.3 is 10.6 Å². The van der Waals surface area contributed by atoms with Crippen LogP contribution < -0.4 is 15.8 Å². The number of pyridine rings is 2. The summed E-state index contributed by atoms with van der Waals surface area (Å²) in [7, 11) is -4.02. The van der Waals surface area contributed by atoms with Gasteiger partial charge >= 0.3 is 0 Å². The Balaban J connectivity index is 1.80. The number of carbonyl (C=O) groups is 1. The van der Waals surface area contributed by atoms with E-state index in [0.717, 1.165) is 5.69 Å². The second kappa shape index (κ2) is 8.34. The zero-order valence-electron chi connectivity index (χ0n) is 14.5. The highest BCUT2D eigenvalue weighted by Crippen LogP contribution is 2.25. The van der Waals surface area contributed by atoms with E-state index in [0.29, 0.717) is 12.4 Å². The molecule has 0 spiro atoms. The summed E-state index contributed by atoms with van der Waals surface area (Å²) < 4.78 is 23.2. The number of nitrogens with one attached hydrogen (secondary N) is 2. The highest BCUT2D eigenvalue weighted by Gasteiger charge is 2.16. The van der Waals surface area contributed by atoms with Crippen molar-refractivity contribution in [3.05, 3.63) is 77.2 Å². The molecule has 144 valence electrons. The molecule has 0 aliphatic carbocycles. The topological polar surface area (TPSA) is 127 Å². The number of benzene rings is 1. The molecule has 0 aliphatic heterocycles. The Bertz CT molecular complexity index is 1110. The first kappa shape index (κ1) is 19.7. The predicted octanol–water partition coefficient (Wildman–Crippen LogP) is 2.64. The van der Waals surface area contributed by atoms with Gasteiger partial charge in [0.1, 0.15) is 10.7 Å².